The molecule has 152 valence electrons. The van der Waals surface area contributed by atoms with Crippen molar-refractivity contribution in [3.8, 4) is 17.3 Å². The zero-order valence-electron chi connectivity index (χ0n) is 15.9. The molecule has 0 N–H and O–H groups in total. The van der Waals surface area contributed by atoms with Gasteiger partial charge in [0, 0.05) is 35.7 Å². The Morgan fingerprint density at radius 3 is 2.67 bits per heavy atom. The van der Waals surface area contributed by atoms with Crippen molar-refractivity contribution in [2.45, 2.75) is 25.0 Å². The van der Waals surface area contributed by atoms with Gasteiger partial charge in [0.05, 0.1) is 17.2 Å². The van der Waals surface area contributed by atoms with Gasteiger partial charge < -0.3 is 9.64 Å². The van der Waals surface area contributed by atoms with Crippen LogP contribution < -0.4 is 4.74 Å². The Morgan fingerprint density at radius 1 is 1.10 bits per heavy atom. The first-order chi connectivity index (χ1) is 14.6. The van der Waals surface area contributed by atoms with E-state index >= 15 is 0 Å². The second-order valence-electron chi connectivity index (χ2n) is 7.57. The number of amides is 1. The highest BCUT2D eigenvalue weighted by molar-refractivity contribution is 9.10. The predicted molar refractivity (Wildman–Crippen MR) is 111 cm³/mol. The summed E-state index contributed by atoms with van der Waals surface area (Å²) in [6.07, 6.45) is 6.38. The molecule has 5 rings (SSSR count). The van der Waals surface area contributed by atoms with Crippen LogP contribution in [0.1, 0.15) is 23.2 Å². The summed E-state index contributed by atoms with van der Waals surface area (Å²) in [6.45, 7) is 0.642. The number of rotatable bonds is 4. The number of fused-ring (bicyclic) bond motifs is 2. The Morgan fingerprint density at radius 2 is 1.93 bits per heavy atom. The fourth-order valence-corrected chi connectivity index (χ4v) is 4.66. The molecule has 1 aromatic carbocycles. The number of benzene rings is 1. The fourth-order valence-electron chi connectivity index (χ4n) is 4.43. The van der Waals surface area contributed by atoms with Crippen LogP contribution in [-0.2, 0) is 0 Å². The molecule has 2 fully saturated rings. The Labute approximate surface area is 181 Å². The van der Waals surface area contributed by atoms with Crippen molar-refractivity contribution < 1.29 is 13.9 Å². The maximum Gasteiger partial charge on any atom is 0.255 e. The van der Waals surface area contributed by atoms with Crippen molar-refractivity contribution in [2.75, 3.05) is 6.54 Å². The van der Waals surface area contributed by atoms with E-state index in [1.54, 1.807) is 35.4 Å². The molecule has 0 unspecified atom stereocenters. The number of aromatic nitrogens is 3. The topological polar surface area (TPSA) is 68.2 Å². The van der Waals surface area contributed by atoms with Crippen LogP contribution in [0.4, 0.5) is 4.39 Å². The lowest BCUT2D eigenvalue weighted by atomic mass is 10.0. The first-order valence-corrected chi connectivity index (χ1v) is 10.5. The predicted octanol–water partition coefficient (Wildman–Crippen LogP) is 4.12. The summed E-state index contributed by atoms with van der Waals surface area (Å²) < 4.78 is 21.7. The van der Waals surface area contributed by atoms with E-state index in [1.807, 2.05) is 6.07 Å². The Balaban J connectivity index is 1.42. The third kappa shape index (κ3) is 3.45. The third-order valence-corrected chi connectivity index (χ3v) is 6.16. The van der Waals surface area contributed by atoms with E-state index in [-0.39, 0.29) is 35.0 Å². The van der Waals surface area contributed by atoms with Gasteiger partial charge in [-0.3, -0.25) is 4.79 Å². The van der Waals surface area contributed by atoms with Gasteiger partial charge in [-0.25, -0.2) is 19.3 Å². The molecule has 0 spiro atoms. The highest BCUT2D eigenvalue weighted by Gasteiger charge is 2.48. The first kappa shape index (κ1) is 19.1. The molecule has 3 heterocycles. The minimum atomic E-state index is -0.511. The van der Waals surface area contributed by atoms with Crippen molar-refractivity contribution in [3.05, 3.63) is 70.8 Å². The number of hydrogen-bond donors (Lipinski definition) is 0. The lowest BCUT2D eigenvalue weighted by molar-refractivity contribution is 0.0467. The molecule has 0 radical (unpaired) electrons. The molecule has 30 heavy (non-hydrogen) atoms. The van der Waals surface area contributed by atoms with Gasteiger partial charge in [-0.1, -0.05) is 6.07 Å². The highest BCUT2D eigenvalue weighted by Crippen LogP contribution is 2.41. The summed E-state index contributed by atoms with van der Waals surface area (Å²) in [7, 11) is 0. The molecule has 2 aliphatic rings. The monoisotopic (exact) mass is 468 g/mol. The van der Waals surface area contributed by atoms with Crippen molar-refractivity contribution in [3.63, 3.8) is 0 Å². The van der Waals surface area contributed by atoms with E-state index in [4.69, 9.17) is 4.74 Å². The Kier molecular flexibility index (Phi) is 4.94. The van der Waals surface area contributed by atoms with Gasteiger partial charge in [0.25, 0.3) is 5.91 Å². The van der Waals surface area contributed by atoms with E-state index in [0.29, 0.717) is 18.3 Å². The van der Waals surface area contributed by atoms with E-state index in [2.05, 4.69) is 30.9 Å². The van der Waals surface area contributed by atoms with Gasteiger partial charge in [-0.2, -0.15) is 0 Å². The van der Waals surface area contributed by atoms with Gasteiger partial charge in [0.2, 0.25) is 5.88 Å². The summed E-state index contributed by atoms with van der Waals surface area (Å²) in [5, 5.41) is 0. The van der Waals surface area contributed by atoms with Crippen LogP contribution in [-0.4, -0.2) is 44.4 Å². The zero-order chi connectivity index (χ0) is 20.7. The van der Waals surface area contributed by atoms with Crippen LogP contribution in [0.25, 0.3) is 11.4 Å². The minimum absolute atomic E-state index is 0.0687. The fraction of sp³-hybridized carbons (Fsp3) is 0.273. The van der Waals surface area contributed by atoms with Crippen molar-refractivity contribution in [1.82, 2.24) is 19.9 Å². The first-order valence-electron chi connectivity index (χ1n) is 9.75. The normalized spacial score (nSPS) is 22.3. The molecule has 1 saturated heterocycles. The smallest absolute Gasteiger partial charge is 0.255 e. The Hall–Kier alpha value is -2.87. The molecular formula is C22H18BrFN4O2. The van der Waals surface area contributed by atoms with Gasteiger partial charge in [0.1, 0.15) is 11.9 Å². The van der Waals surface area contributed by atoms with Gasteiger partial charge in [0.15, 0.2) is 5.82 Å². The van der Waals surface area contributed by atoms with Gasteiger partial charge >= 0.3 is 0 Å². The molecule has 2 aromatic heterocycles. The number of pyridine rings is 1. The van der Waals surface area contributed by atoms with Crippen LogP contribution >= 0.6 is 15.9 Å². The molecule has 2 bridgehead atoms. The number of ether oxygens (including phenoxy) is 1. The van der Waals surface area contributed by atoms with Crippen LogP contribution in [0.3, 0.4) is 0 Å². The Bertz CT molecular complexity index is 1080. The maximum absolute atomic E-state index is 14.7. The summed E-state index contributed by atoms with van der Waals surface area (Å²) in [5.41, 5.74) is 0.409. The molecule has 1 saturated carbocycles. The van der Waals surface area contributed by atoms with Gasteiger partial charge in [-0.15, -0.1) is 0 Å². The van der Waals surface area contributed by atoms with Crippen molar-refractivity contribution >= 4 is 21.8 Å². The summed E-state index contributed by atoms with van der Waals surface area (Å²) in [5.74, 6) is 0.372. The standard InChI is InChI=1S/C22H18BrFN4O2/c23-14-5-6-19(27-11-14)30-18-10-13-9-17(18)28(12-13)22(29)15-3-1-4-16(24)20(15)21-25-7-2-8-26-21/h1-8,11,13,17-18H,9-10,12H2/t13-,17+,18-/m1/s1. The van der Waals surface area contributed by atoms with Crippen molar-refractivity contribution in [1.29, 1.82) is 0 Å². The molecule has 3 aromatic rings. The number of likely N-dealkylation sites (tertiary alicyclic amines) is 1. The van der Waals surface area contributed by atoms with Crippen molar-refractivity contribution in [2.24, 2.45) is 5.92 Å². The molecular weight excluding hydrogens is 451 g/mol. The number of piperidine rings is 1. The second kappa shape index (κ2) is 7.75. The van der Waals surface area contributed by atoms with Crippen LogP contribution in [0.15, 0.2) is 59.5 Å². The van der Waals surface area contributed by atoms with Crippen LogP contribution in [0.2, 0.25) is 0 Å². The zero-order valence-corrected chi connectivity index (χ0v) is 17.5. The third-order valence-electron chi connectivity index (χ3n) is 5.69. The molecule has 3 atom stereocenters. The highest BCUT2D eigenvalue weighted by atomic mass is 79.9. The number of hydrogen-bond acceptors (Lipinski definition) is 5. The number of carbonyl (C=O) groups is 1. The van der Waals surface area contributed by atoms with E-state index in [0.717, 1.165) is 17.3 Å². The van der Waals surface area contributed by atoms with Crippen LogP contribution in [0.5, 0.6) is 5.88 Å². The van der Waals surface area contributed by atoms with E-state index in [9.17, 15) is 9.18 Å². The minimum Gasteiger partial charge on any atom is -0.472 e. The summed E-state index contributed by atoms with van der Waals surface area (Å²) >= 11 is 3.37. The molecule has 1 aliphatic heterocycles. The van der Waals surface area contributed by atoms with E-state index in [1.165, 1.54) is 18.5 Å². The molecule has 1 amide bonds. The maximum atomic E-state index is 14.7. The lowest BCUT2D eigenvalue weighted by Crippen LogP contribution is -2.47. The number of nitrogens with zero attached hydrogens (tertiary/aromatic N) is 4. The average Bonchev–Trinajstić information content (AvgIpc) is 3.36. The number of carbonyl (C=O) groups excluding carboxylic acids is 1. The molecule has 6 nitrogen and oxygen atoms in total. The summed E-state index contributed by atoms with van der Waals surface area (Å²) in [4.78, 5) is 27.8. The van der Waals surface area contributed by atoms with E-state index < -0.39 is 5.82 Å². The number of halogens is 2. The summed E-state index contributed by atoms with van der Waals surface area (Å²) in [6, 6.07) is 9.77. The molecule has 8 heteroatoms. The quantitative estimate of drug-likeness (QED) is 0.575. The SMILES string of the molecule is O=C(c1cccc(F)c1-c1ncccn1)N1C[C@H]2C[C@@H](Oc3ccc(Br)cn3)[C@@H]1C2. The van der Waals surface area contributed by atoms with Crippen LogP contribution in [0, 0.1) is 11.7 Å². The second-order valence-corrected chi connectivity index (χ2v) is 8.48. The average molecular weight is 469 g/mol. The van der Waals surface area contributed by atoms with Gasteiger partial charge in [-0.05, 0) is 59.0 Å². The largest absolute Gasteiger partial charge is 0.472 e. The lowest BCUT2D eigenvalue weighted by Gasteiger charge is -2.33. The molecule has 1 aliphatic carbocycles.